The number of anilines is 2. The molecular formula is C19H22N2O4S. The molecule has 2 rings (SSSR count). The van der Waals surface area contributed by atoms with E-state index in [2.05, 4.69) is 5.32 Å². The topological polar surface area (TPSA) is 83.6 Å². The van der Waals surface area contributed by atoms with E-state index in [9.17, 15) is 18.0 Å². The highest BCUT2D eigenvalue weighted by Gasteiger charge is 2.29. The second-order valence-corrected chi connectivity index (χ2v) is 8.06. The highest BCUT2D eigenvalue weighted by atomic mass is 32.2. The van der Waals surface area contributed by atoms with E-state index in [4.69, 9.17) is 0 Å². The minimum absolute atomic E-state index is 0.119. The summed E-state index contributed by atoms with van der Waals surface area (Å²) in [5.41, 5.74) is 2.31. The minimum Gasteiger partial charge on any atom is -0.324 e. The summed E-state index contributed by atoms with van der Waals surface area (Å²) >= 11 is 0. The predicted molar refractivity (Wildman–Crippen MR) is 103 cm³/mol. The number of nitrogens with zero attached hydrogens (tertiary/aromatic N) is 1. The van der Waals surface area contributed by atoms with Crippen LogP contribution in [0, 0.1) is 6.92 Å². The van der Waals surface area contributed by atoms with Crippen molar-refractivity contribution in [2.45, 2.75) is 26.8 Å². The van der Waals surface area contributed by atoms with Crippen molar-refractivity contribution in [3.05, 3.63) is 59.7 Å². The largest absolute Gasteiger partial charge is 0.324 e. The Morgan fingerprint density at radius 2 is 1.69 bits per heavy atom. The van der Waals surface area contributed by atoms with E-state index in [0.29, 0.717) is 16.9 Å². The lowest BCUT2D eigenvalue weighted by Gasteiger charge is -2.28. The summed E-state index contributed by atoms with van der Waals surface area (Å²) in [5.74, 6) is -0.608. The summed E-state index contributed by atoms with van der Waals surface area (Å²) in [5, 5.41) is 2.67. The van der Waals surface area contributed by atoms with Crippen molar-refractivity contribution in [2.75, 3.05) is 15.9 Å². The SMILES string of the molecule is CC(=O)c1cccc(NC(=O)[C@@H](C)N(c2ccc(C)cc2)S(C)(=O)=O)c1. The number of carbonyl (C=O) groups is 2. The normalized spacial score (nSPS) is 12.3. The summed E-state index contributed by atoms with van der Waals surface area (Å²) in [6.07, 6.45) is 1.06. The van der Waals surface area contributed by atoms with Crippen LogP contribution < -0.4 is 9.62 Å². The first-order valence-electron chi connectivity index (χ1n) is 8.07. The molecule has 0 unspecified atom stereocenters. The third-order valence-corrected chi connectivity index (χ3v) is 5.16. The molecule has 0 radical (unpaired) electrons. The number of hydrogen-bond donors (Lipinski definition) is 1. The average Bonchev–Trinajstić information content (AvgIpc) is 2.55. The smallest absolute Gasteiger partial charge is 0.247 e. The number of aryl methyl sites for hydroxylation is 1. The summed E-state index contributed by atoms with van der Waals surface area (Å²) in [7, 11) is -3.67. The first kappa shape index (κ1) is 19.7. The van der Waals surface area contributed by atoms with Crippen molar-refractivity contribution in [1.82, 2.24) is 0 Å². The molecule has 0 aliphatic carbocycles. The van der Waals surface area contributed by atoms with Crippen molar-refractivity contribution in [3.8, 4) is 0 Å². The van der Waals surface area contributed by atoms with E-state index in [0.717, 1.165) is 16.1 Å². The molecule has 1 amide bonds. The Balaban J connectivity index is 2.29. The number of rotatable bonds is 6. The summed E-state index contributed by atoms with van der Waals surface area (Å²) in [6.45, 7) is 4.85. The molecule has 1 N–H and O–H groups in total. The standard InChI is InChI=1S/C19H22N2O4S/c1-13-8-10-18(11-9-13)21(26(4,24)25)14(2)19(23)20-17-7-5-6-16(12-17)15(3)22/h5-12,14H,1-4H3,(H,20,23)/t14-/m1/s1. The Morgan fingerprint density at radius 1 is 1.08 bits per heavy atom. The molecule has 0 bridgehead atoms. The summed E-state index contributed by atoms with van der Waals surface area (Å²) in [4.78, 5) is 24.1. The van der Waals surface area contributed by atoms with Gasteiger partial charge in [0.1, 0.15) is 6.04 Å². The van der Waals surface area contributed by atoms with Crippen LogP contribution in [0.25, 0.3) is 0 Å². The van der Waals surface area contributed by atoms with Gasteiger partial charge in [-0.05, 0) is 45.0 Å². The number of hydrogen-bond acceptors (Lipinski definition) is 4. The predicted octanol–water partition coefficient (Wildman–Crippen LogP) is 2.99. The van der Waals surface area contributed by atoms with Crippen LogP contribution in [-0.2, 0) is 14.8 Å². The zero-order chi connectivity index (χ0) is 19.5. The van der Waals surface area contributed by atoms with Gasteiger partial charge >= 0.3 is 0 Å². The lowest BCUT2D eigenvalue weighted by molar-refractivity contribution is -0.116. The number of ketones is 1. The van der Waals surface area contributed by atoms with Crippen LogP contribution in [0.1, 0.15) is 29.8 Å². The maximum Gasteiger partial charge on any atom is 0.247 e. The van der Waals surface area contributed by atoms with Crippen molar-refractivity contribution >= 4 is 33.1 Å². The van der Waals surface area contributed by atoms with E-state index in [1.807, 2.05) is 6.92 Å². The average molecular weight is 374 g/mol. The third kappa shape index (κ3) is 4.70. The molecule has 2 aromatic carbocycles. The van der Waals surface area contributed by atoms with Crippen LogP contribution in [0.2, 0.25) is 0 Å². The summed E-state index contributed by atoms with van der Waals surface area (Å²) < 4.78 is 25.6. The number of amides is 1. The highest BCUT2D eigenvalue weighted by molar-refractivity contribution is 7.92. The second-order valence-electron chi connectivity index (χ2n) is 6.20. The lowest BCUT2D eigenvalue weighted by atomic mass is 10.1. The third-order valence-electron chi connectivity index (χ3n) is 3.91. The van der Waals surface area contributed by atoms with Gasteiger partial charge in [0.05, 0.1) is 11.9 Å². The van der Waals surface area contributed by atoms with Crippen LogP contribution in [-0.4, -0.2) is 32.4 Å². The molecule has 0 heterocycles. The Labute approximate surface area is 153 Å². The molecule has 0 fully saturated rings. The molecule has 1 atom stereocenters. The molecule has 6 nitrogen and oxygen atoms in total. The van der Waals surface area contributed by atoms with E-state index in [-0.39, 0.29) is 5.78 Å². The molecule has 0 aliphatic heterocycles. The maximum atomic E-state index is 12.6. The fraction of sp³-hybridized carbons (Fsp3) is 0.263. The van der Waals surface area contributed by atoms with Gasteiger partial charge in [0.15, 0.2) is 5.78 Å². The van der Waals surface area contributed by atoms with Gasteiger partial charge in [0.2, 0.25) is 15.9 Å². The maximum absolute atomic E-state index is 12.6. The van der Waals surface area contributed by atoms with E-state index >= 15 is 0 Å². The van der Waals surface area contributed by atoms with Gasteiger partial charge in [0.25, 0.3) is 0 Å². The van der Waals surface area contributed by atoms with E-state index in [1.54, 1.807) is 48.5 Å². The van der Waals surface area contributed by atoms with Crippen LogP contribution in [0.3, 0.4) is 0 Å². The number of nitrogens with one attached hydrogen (secondary N) is 1. The molecule has 2 aromatic rings. The number of carbonyl (C=O) groups excluding carboxylic acids is 2. The summed E-state index contributed by atoms with van der Waals surface area (Å²) in [6, 6.07) is 12.4. The molecule has 138 valence electrons. The first-order chi connectivity index (χ1) is 12.1. The Bertz CT molecular complexity index is 921. The number of benzene rings is 2. The van der Waals surface area contributed by atoms with Gasteiger partial charge < -0.3 is 5.32 Å². The van der Waals surface area contributed by atoms with Gasteiger partial charge in [-0.3, -0.25) is 13.9 Å². The monoisotopic (exact) mass is 374 g/mol. The Kier molecular flexibility index (Phi) is 5.82. The number of sulfonamides is 1. The highest BCUT2D eigenvalue weighted by Crippen LogP contribution is 2.22. The van der Waals surface area contributed by atoms with Crippen LogP contribution in [0.4, 0.5) is 11.4 Å². The van der Waals surface area contributed by atoms with Gasteiger partial charge in [-0.25, -0.2) is 8.42 Å². The lowest BCUT2D eigenvalue weighted by Crippen LogP contribution is -2.45. The molecule has 0 saturated heterocycles. The van der Waals surface area contributed by atoms with Gasteiger partial charge in [-0.2, -0.15) is 0 Å². The van der Waals surface area contributed by atoms with Crippen molar-refractivity contribution in [3.63, 3.8) is 0 Å². The van der Waals surface area contributed by atoms with Crippen molar-refractivity contribution < 1.29 is 18.0 Å². The van der Waals surface area contributed by atoms with Gasteiger partial charge in [-0.15, -0.1) is 0 Å². The fourth-order valence-electron chi connectivity index (χ4n) is 2.56. The molecular weight excluding hydrogens is 352 g/mol. The fourth-order valence-corrected chi connectivity index (χ4v) is 3.74. The molecule has 7 heteroatoms. The first-order valence-corrected chi connectivity index (χ1v) is 9.92. The zero-order valence-corrected chi connectivity index (χ0v) is 16.0. The zero-order valence-electron chi connectivity index (χ0n) is 15.2. The van der Waals surface area contributed by atoms with E-state index < -0.39 is 22.0 Å². The van der Waals surface area contributed by atoms with Gasteiger partial charge in [0, 0.05) is 11.3 Å². The second kappa shape index (κ2) is 7.70. The minimum atomic E-state index is -3.67. The number of Topliss-reactive ketones (excluding diaryl/α,β-unsaturated/α-hetero) is 1. The molecule has 0 aromatic heterocycles. The molecule has 0 spiro atoms. The van der Waals surface area contributed by atoms with Crippen molar-refractivity contribution in [2.24, 2.45) is 0 Å². The van der Waals surface area contributed by atoms with Crippen molar-refractivity contribution in [1.29, 1.82) is 0 Å². The Morgan fingerprint density at radius 3 is 2.23 bits per heavy atom. The van der Waals surface area contributed by atoms with Crippen LogP contribution in [0.5, 0.6) is 0 Å². The van der Waals surface area contributed by atoms with Gasteiger partial charge in [-0.1, -0.05) is 29.8 Å². The molecule has 0 aliphatic rings. The molecule has 0 saturated carbocycles. The Hall–Kier alpha value is -2.67. The van der Waals surface area contributed by atoms with Crippen LogP contribution in [0.15, 0.2) is 48.5 Å². The van der Waals surface area contributed by atoms with E-state index in [1.165, 1.54) is 13.8 Å². The quantitative estimate of drug-likeness (QED) is 0.788. The molecule has 26 heavy (non-hydrogen) atoms. The van der Waals surface area contributed by atoms with Crippen LogP contribution >= 0.6 is 0 Å².